The molecule has 7 heteroatoms. The van der Waals surface area contributed by atoms with E-state index >= 15 is 0 Å². The molecule has 2 heterocycles. The monoisotopic (exact) mass is 283 g/mol. The molecule has 0 atom stereocenters. The summed E-state index contributed by atoms with van der Waals surface area (Å²) in [5.41, 5.74) is 0.242. The van der Waals surface area contributed by atoms with E-state index in [1.165, 1.54) is 6.20 Å². The summed E-state index contributed by atoms with van der Waals surface area (Å²) in [4.78, 5) is 26.9. The average molecular weight is 283 g/mol. The highest BCUT2D eigenvalue weighted by Gasteiger charge is 2.29. The summed E-state index contributed by atoms with van der Waals surface area (Å²) in [5, 5.41) is 20.8. The number of carbonyl (C=O) groups is 1. The van der Waals surface area contributed by atoms with Crippen LogP contribution in [0, 0.1) is 10.1 Å². The third-order valence-corrected chi connectivity index (χ3v) is 3.13. The van der Waals surface area contributed by atoms with Crippen molar-refractivity contribution in [3.8, 4) is 11.4 Å². The SMILES string of the molecule is O=C(c1ccccc1)c1cnc2n(O)ccc([N+](=O)[O-])c1-2. The number of fused-ring (bicyclic) bond motifs is 1. The number of nitro groups is 1. The van der Waals surface area contributed by atoms with Gasteiger partial charge in [-0.25, -0.2) is 4.98 Å². The number of benzene rings is 1. The number of rotatable bonds is 3. The van der Waals surface area contributed by atoms with Crippen molar-refractivity contribution in [2.24, 2.45) is 0 Å². The Hall–Kier alpha value is -3.22. The Bertz CT molecular complexity index is 811. The van der Waals surface area contributed by atoms with Gasteiger partial charge in [0.15, 0.2) is 11.6 Å². The van der Waals surface area contributed by atoms with Crippen molar-refractivity contribution in [1.82, 2.24) is 9.71 Å². The molecule has 0 bridgehead atoms. The third-order valence-electron chi connectivity index (χ3n) is 3.13. The number of nitrogens with zero attached hydrogens (tertiary/aromatic N) is 3. The molecular weight excluding hydrogens is 274 g/mol. The van der Waals surface area contributed by atoms with E-state index in [0.29, 0.717) is 10.3 Å². The lowest BCUT2D eigenvalue weighted by Crippen LogP contribution is -2.06. The lowest BCUT2D eigenvalue weighted by Gasteiger charge is -2.06. The molecule has 0 unspecified atom stereocenters. The fraction of sp³-hybridized carbons (Fsp3) is 0. The number of pyridine rings is 1. The van der Waals surface area contributed by atoms with E-state index in [4.69, 9.17) is 0 Å². The molecule has 1 aromatic rings. The molecule has 2 aliphatic rings. The second-order valence-electron chi connectivity index (χ2n) is 4.37. The normalized spacial score (nSPS) is 10.7. The molecule has 0 saturated heterocycles. The van der Waals surface area contributed by atoms with Gasteiger partial charge in [-0.15, -0.1) is 0 Å². The van der Waals surface area contributed by atoms with Gasteiger partial charge in [-0.1, -0.05) is 30.3 Å². The molecule has 0 fully saturated rings. The summed E-state index contributed by atoms with van der Waals surface area (Å²) in [5.74, 6) is -0.407. The highest BCUT2D eigenvalue weighted by atomic mass is 16.6. The largest absolute Gasteiger partial charge is 0.427 e. The van der Waals surface area contributed by atoms with Gasteiger partial charge in [0.2, 0.25) is 0 Å². The third kappa shape index (κ3) is 2.00. The molecule has 0 saturated carbocycles. The number of hydrogen-bond acceptors (Lipinski definition) is 5. The molecule has 0 radical (unpaired) electrons. The van der Waals surface area contributed by atoms with E-state index in [1.54, 1.807) is 30.3 Å². The Balaban J connectivity index is 2.22. The average Bonchev–Trinajstić information content (AvgIpc) is 2.93. The van der Waals surface area contributed by atoms with Crippen molar-refractivity contribution < 1.29 is 14.9 Å². The van der Waals surface area contributed by atoms with Crippen LogP contribution in [0.25, 0.3) is 11.4 Å². The van der Waals surface area contributed by atoms with Crippen LogP contribution >= 0.6 is 0 Å². The fourth-order valence-corrected chi connectivity index (χ4v) is 2.17. The summed E-state index contributed by atoms with van der Waals surface area (Å²) >= 11 is 0. The molecule has 0 amide bonds. The zero-order valence-electron chi connectivity index (χ0n) is 10.6. The number of hydrogen-bond donors (Lipinski definition) is 1. The standard InChI is InChI=1S/C14H9N3O4/c18-13(9-4-2-1-3-5-9)10-8-15-14-12(10)11(17(20)21)6-7-16(14)19/h1-8,19H. The first kappa shape index (κ1) is 12.8. The van der Waals surface area contributed by atoms with E-state index in [1.807, 2.05) is 0 Å². The lowest BCUT2D eigenvalue weighted by molar-refractivity contribution is -0.384. The van der Waals surface area contributed by atoms with Crippen LogP contribution in [0.2, 0.25) is 0 Å². The Morgan fingerprint density at radius 1 is 1.24 bits per heavy atom. The second-order valence-corrected chi connectivity index (χ2v) is 4.37. The zero-order valence-corrected chi connectivity index (χ0v) is 10.6. The summed E-state index contributed by atoms with van der Waals surface area (Å²) < 4.78 is 0.657. The van der Waals surface area contributed by atoms with Crippen LogP contribution < -0.4 is 0 Å². The van der Waals surface area contributed by atoms with E-state index < -0.39 is 4.92 Å². The van der Waals surface area contributed by atoms with Crippen molar-refractivity contribution in [3.63, 3.8) is 0 Å². The van der Waals surface area contributed by atoms with E-state index in [9.17, 15) is 20.1 Å². The fourth-order valence-electron chi connectivity index (χ4n) is 2.17. The summed E-state index contributed by atoms with van der Waals surface area (Å²) in [6.07, 6.45) is 2.35. The van der Waals surface area contributed by atoms with Gasteiger partial charge in [0.1, 0.15) is 5.56 Å². The molecule has 1 N–H and O–H groups in total. The molecular formula is C14H9N3O4. The van der Waals surface area contributed by atoms with Crippen molar-refractivity contribution in [1.29, 1.82) is 0 Å². The molecule has 0 aromatic heterocycles. The predicted octanol–water partition coefficient (Wildman–Crippen LogP) is 2.36. The summed E-state index contributed by atoms with van der Waals surface area (Å²) in [6.45, 7) is 0. The van der Waals surface area contributed by atoms with Crippen LogP contribution in [0.1, 0.15) is 15.9 Å². The van der Waals surface area contributed by atoms with Crippen LogP contribution in [0.3, 0.4) is 0 Å². The number of carbonyl (C=O) groups excluding carboxylic acids is 1. The topological polar surface area (TPSA) is 98.3 Å². The minimum absolute atomic E-state index is 0.0246. The van der Waals surface area contributed by atoms with Gasteiger partial charge < -0.3 is 5.21 Å². The maximum absolute atomic E-state index is 12.5. The van der Waals surface area contributed by atoms with E-state index in [-0.39, 0.29) is 28.4 Å². The van der Waals surface area contributed by atoms with E-state index in [0.717, 1.165) is 12.3 Å². The van der Waals surface area contributed by atoms with Crippen LogP contribution in [0.4, 0.5) is 5.69 Å². The summed E-state index contributed by atoms with van der Waals surface area (Å²) in [6, 6.07) is 9.53. The van der Waals surface area contributed by atoms with Crippen molar-refractivity contribution >= 4 is 11.5 Å². The van der Waals surface area contributed by atoms with Gasteiger partial charge in [-0.2, -0.15) is 4.73 Å². The molecule has 104 valence electrons. The van der Waals surface area contributed by atoms with Crippen molar-refractivity contribution in [2.45, 2.75) is 0 Å². The highest BCUT2D eigenvalue weighted by Crippen LogP contribution is 2.34. The second kappa shape index (κ2) is 4.71. The Morgan fingerprint density at radius 2 is 1.95 bits per heavy atom. The van der Waals surface area contributed by atoms with Gasteiger partial charge in [-0.05, 0) is 0 Å². The van der Waals surface area contributed by atoms with Crippen LogP contribution in [-0.4, -0.2) is 25.6 Å². The smallest absolute Gasteiger partial charge is 0.282 e. The first-order valence-corrected chi connectivity index (χ1v) is 6.03. The maximum Gasteiger partial charge on any atom is 0.282 e. The zero-order chi connectivity index (χ0) is 15.0. The van der Waals surface area contributed by atoms with Gasteiger partial charge in [0, 0.05) is 17.8 Å². The molecule has 21 heavy (non-hydrogen) atoms. The molecule has 1 aromatic carbocycles. The van der Waals surface area contributed by atoms with Crippen molar-refractivity contribution in [3.05, 3.63) is 70.0 Å². The number of ketones is 1. The minimum Gasteiger partial charge on any atom is -0.427 e. The lowest BCUT2D eigenvalue weighted by atomic mass is 10.0. The first-order chi connectivity index (χ1) is 10.1. The molecule has 2 aliphatic heterocycles. The highest BCUT2D eigenvalue weighted by molar-refractivity contribution is 6.13. The van der Waals surface area contributed by atoms with Gasteiger partial charge in [-0.3, -0.25) is 14.9 Å². The quantitative estimate of drug-likeness (QED) is 0.344. The molecule has 7 nitrogen and oxygen atoms in total. The van der Waals surface area contributed by atoms with E-state index in [2.05, 4.69) is 4.98 Å². The molecule has 0 spiro atoms. The Morgan fingerprint density at radius 3 is 2.62 bits per heavy atom. The van der Waals surface area contributed by atoms with Gasteiger partial charge in [0.05, 0.1) is 16.7 Å². The Labute approximate surface area is 118 Å². The number of aromatic nitrogens is 2. The summed E-state index contributed by atoms with van der Waals surface area (Å²) in [7, 11) is 0. The molecule has 3 rings (SSSR count). The van der Waals surface area contributed by atoms with Crippen LogP contribution in [-0.2, 0) is 0 Å². The predicted molar refractivity (Wildman–Crippen MR) is 72.6 cm³/mol. The van der Waals surface area contributed by atoms with Crippen LogP contribution in [0.15, 0.2) is 48.8 Å². The van der Waals surface area contributed by atoms with Crippen molar-refractivity contribution in [2.75, 3.05) is 0 Å². The maximum atomic E-state index is 12.5. The molecule has 0 aliphatic carbocycles. The van der Waals surface area contributed by atoms with Gasteiger partial charge in [0.25, 0.3) is 5.69 Å². The Kier molecular flexibility index (Phi) is 2.87. The minimum atomic E-state index is -0.605. The van der Waals surface area contributed by atoms with Crippen LogP contribution in [0.5, 0.6) is 0 Å². The first-order valence-electron chi connectivity index (χ1n) is 6.03. The van der Waals surface area contributed by atoms with Gasteiger partial charge >= 0.3 is 0 Å².